The number of anilines is 1. The molecule has 156 valence electrons. The smallest absolute Gasteiger partial charge is 0.340 e. The fourth-order valence-corrected chi connectivity index (χ4v) is 5.07. The van der Waals surface area contributed by atoms with Gasteiger partial charge in [0.25, 0.3) is 10.0 Å². The molecule has 2 aliphatic heterocycles. The monoisotopic (exact) mass is 446 g/mol. The maximum Gasteiger partial charge on any atom is 0.340 e. The number of fused-ring (bicyclic) bond motifs is 3. The van der Waals surface area contributed by atoms with Crippen LogP contribution in [-0.2, 0) is 14.8 Å². The fraction of sp³-hybridized carbons (Fsp3) is 0.286. The van der Waals surface area contributed by atoms with Crippen LogP contribution in [0.5, 0.6) is 0 Å². The van der Waals surface area contributed by atoms with E-state index < -0.39 is 22.6 Å². The Hall–Kier alpha value is -2.71. The average molecular weight is 447 g/mol. The van der Waals surface area contributed by atoms with Gasteiger partial charge in [-0.1, -0.05) is 48.4 Å². The number of Topliss-reactive ketones (excluding diaryl/α,β-unsaturated/α-hetero) is 1. The Morgan fingerprint density at radius 3 is 2.63 bits per heavy atom. The van der Waals surface area contributed by atoms with Crippen LogP contribution < -0.4 is 4.90 Å². The number of esters is 1. The van der Waals surface area contributed by atoms with Crippen LogP contribution >= 0.6 is 11.6 Å². The van der Waals surface area contributed by atoms with E-state index in [-0.39, 0.29) is 21.3 Å². The highest BCUT2D eigenvalue weighted by atomic mass is 35.5. The van der Waals surface area contributed by atoms with Crippen molar-refractivity contribution in [3.05, 3.63) is 58.6 Å². The maximum atomic E-state index is 12.7. The number of ketones is 1. The highest BCUT2D eigenvalue weighted by Crippen LogP contribution is 2.38. The SMILES string of the molecule is O=C(COC(=O)c1cc2c(cc1Cl)N1CCCCCC1=NS2(=O)=O)c1ccccc1. The van der Waals surface area contributed by atoms with E-state index in [1.54, 1.807) is 30.3 Å². The second kappa shape index (κ2) is 8.20. The van der Waals surface area contributed by atoms with Gasteiger partial charge in [-0.05, 0) is 25.0 Å². The summed E-state index contributed by atoms with van der Waals surface area (Å²) in [6, 6.07) is 11.1. The lowest BCUT2D eigenvalue weighted by atomic mass is 10.1. The molecule has 0 atom stereocenters. The molecule has 9 heteroatoms. The molecule has 7 nitrogen and oxygen atoms in total. The van der Waals surface area contributed by atoms with E-state index in [4.69, 9.17) is 16.3 Å². The number of hydrogen-bond donors (Lipinski definition) is 0. The Balaban J connectivity index is 1.61. The molecule has 4 rings (SSSR count). The Morgan fingerprint density at radius 1 is 1.10 bits per heavy atom. The zero-order valence-electron chi connectivity index (χ0n) is 16.0. The van der Waals surface area contributed by atoms with Crippen molar-refractivity contribution in [3.63, 3.8) is 0 Å². The number of sulfonamides is 1. The van der Waals surface area contributed by atoms with Gasteiger partial charge in [-0.2, -0.15) is 8.42 Å². The molecule has 2 aromatic carbocycles. The molecule has 0 N–H and O–H groups in total. The number of carbonyl (C=O) groups excluding carboxylic acids is 2. The van der Waals surface area contributed by atoms with Gasteiger partial charge < -0.3 is 9.64 Å². The summed E-state index contributed by atoms with van der Waals surface area (Å²) in [6.07, 6.45) is 3.33. The van der Waals surface area contributed by atoms with E-state index in [0.29, 0.717) is 30.1 Å². The molecule has 0 bridgehead atoms. The summed E-state index contributed by atoms with van der Waals surface area (Å²) in [4.78, 5) is 26.5. The molecule has 0 aliphatic carbocycles. The molecule has 0 saturated carbocycles. The summed E-state index contributed by atoms with van der Waals surface area (Å²) in [6.45, 7) is 0.157. The highest BCUT2D eigenvalue weighted by molar-refractivity contribution is 7.90. The minimum atomic E-state index is -3.96. The lowest BCUT2D eigenvalue weighted by molar-refractivity contribution is 0.0474. The van der Waals surface area contributed by atoms with E-state index in [1.165, 1.54) is 12.1 Å². The zero-order chi connectivity index (χ0) is 21.3. The number of hydrogen-bond acceptors (Lipinski definition) is 6. The Kier molecular flexibility index (Phi) is 5.62. The van der Waals surface area contributed by atoms with E-state index >= 15 is 0 Å². The second-order valence-electron chi connectivity index (χ2n) is 7.11. The first-order valence-corrected chi connectivity index (χ1v) is 11.4. The molecule has 1 saturated heterocycles. The predicted octanol–water partition coefficient (Wildman–Crippen LogP) is 3.86. The van der Waals surface area contributed by atoms with Crippen LogP contribution in [0.4, 0.5) is 5.69 Å². The summed E-state index contributed by atoms with van der Waals surface area (Å²) in [5.41, 5.74) is 0.713. The third-order valence-electron chi connectivity index (χ3n) is 5.09. The molecule has 0 spiro atoms. The molecular weight excluding hydrogens is 428 g/mol. The van der Waals surface area contributed by atoms with Gasteiger partial charge in [0.05, 0.1) is 16.3 Å². The van der Waals surface area contributed by atoms with E-state index in [1.807, 2.05) is 4.90 Å². The minimum absolute atomic E-state index is 0.0617. The van der Waals surface area contributed by atoms with Crippen LogP contribution in [0.25, 0.3) is 0 Å². The van der Waals surface area contributed by atoms with Crippen molar-refractivity contribution < 1.29 is 22.7 Å². The summed E-state index contributed by atoms with van der Waals surface area (Å²) in [5, 5.41) is 0.0617. The van der Waals surface area contributed by atoms with Crippen molar-refractivity contribution in [2.45, 2.75) is 30.6 Å². The second-order valence-corrected chi connectivity index (χ2v) is 9.09. The Bertz CT molecular complexity index is 1150. The van der Waals surface area contributed by atoms with E-state index in [9.17, 15) is 18.0 Å². The molecule has 30 heavy (non-hydrogen) atoms. The maximum absolute atomic E-state index is 12.7. The van der Waals surface area contributed by atoms with Crippen LogP contribution in [-0.4, -0.2) is 39.2 Å². The predicted molar refractivity (Wildman–Crippen MR) is 113 cm³/mol. The minimum Gasteiger partial charge on any atom is -0.454 e. The molecule has 2 aliphatic rings. The Morgan fingerprint density at radius 2 is 1.87 bits per heavy atom. The number of nitrogens with zero attached hydrogens (tertiary/aromatic N) is 2. The standard InChI is InChI=1S/C21H19ClN2O5S/c22-16-12-17-19(30(27,28)23-20-9-5-2-6-10-24(17)20)11-15(16)21(26)29-13-18(25)14-7-3-1-4-8-14/h1,3-4,7-8,11-12H,2,5-6,9-10,13H2. The van der Waals surface area contributed by atoms with Crippen molar-refractivity contribution in [2.24, 2.45) is 4.40 Å². The van der Waals surface area contributed by atoms with Crippen LogP contribution in [0.1, 0.15) is 46.4 Å². The van der Waals surface area contributed by atoms with Crippen molar-refractivity contribution in [2.75, 3.05) is 18.1 Å². The number of halogens is 1. The van der Waals surface area contributed by atoms with Crippen molar-refractivity contribution in [3.8, 4) is 0 Å². The van der Waals surface area contributed by atoms with Gasteiger partial charge in [-0.15, -0.1) is 4.40 Å². The average Bonchev–Trinajstić information content (AvgIpc) is 2.97. The first-order valence-electron chi connectivity index (χ1n) is 9.57. The molecular formula is C21H19ClN2O5S. The van der Waals surface area contributed by atoms with Crippen LogP contribution in [0.2, 0.25) is 5.02 Å². The largest absolute Gasteiger partial charge is 0.454 e. The van der Waals surface area contributed by atoms with Crippen molar-refractivity contribution in [1.29, 1.82) is 0 Å². The molecule has 2 heterocycles. The number of benzene rings is 2. The van der Waals surface area contributed by atoms with Gasteiger partial charge in [0, 0.05) is 18.5 Å². The highest BCUT2D eigenvalue weighted by Gasteiger charge is 2.33. The number of carbonyl (C=O) groups is 2. The van der Waals surface area contributed by atoms with Crippen LogP contribution in [0, 0.1) is 0 Å². The van der Waals surface area contributed by atoms with Gasteiger partial charge in [-0.25, -0.2) is 4.79 Å². The van der Waals surface area contributed by atoms with Gasteiger partial charge in [-0.3, -0.25) is 4.79 Å². The first kappa shape index (κ1) is 20.6. The molecule has 1 fully saturated rings. The van der Waals surface area contributed by atoms with Gasteiger partial charge >= 0.3 is 5.97 Å². The summed E-state index contributed by atoms with van der Waals surface area (Å²) in [5.74, 6) is -0.739. The summed E-state index contributed by atoms with van der Waals surface area (Å²) >= 11 is 6.31. The molecule has 0 unspecified atom stereocenters. The quantitative estimate of drug-likeness (QED) is 0.523. The topological polar surface area (TPSA) is 93.1 Å². The van der Waals surface area contributed by atoms with E-state index in [0.717, 1.165) is 19.3 Å². The molecule has 0 amide bonds. The van der Waals surface area contributed by atoms with Gasteiger partial charge in [0.2, 0.25) is 0 Å². The third kappa shape index (κ3) is 3.97. The van der Waals surface area contributed by atoms with Gasteiger partial charge in [0.1, 0.15) is 10.7 Å². The lowest BCUT2D eigenvalue weighted by Crippen LogP contribution is -2.35. The van der Waals surface area contributed by atoms with Crippen LogP contribution in [0.3, 0.4) is 0 Å². The molecule has 2 aromatic rings. The number of amidine groups is 1. The first-order chi connectivity index (χ1) is 14.4. The van der Waals surface area contributed by atoms with Crippen molar-refractivity contribution in [1.82, 2.24) is 0 Å². The summed E-state index contributed by atoms with van der Waals surface area (Å²) < 4.78 is 34.5. The third-order valence-corrected chi connectivity index (χ3v) is 6.73. The molecule has 0 radical (unpaired) electrons. The fourth-order valence-electron chi connectivity index (χ4n) is 3.57. The number of ether oxygens (including phenoxy) is 1. The van der Waals surface area contributed by atoms with Crippen molar-refractivity contribution >= 4 is 44.9 Å². The van der Waals surface area contributed by atoms with E-state index in [2.05, 4.69) is 4.40 Å². The molecule has 0 aromatic heterocycles. The Labute approximate surface area is 179 Å². The van der Waals surface area contributed by atoms with Gasteiger partial charge in [0.15, 0.2) is 12.4 Å². The normalized spacial score (nSPS) is 17.2. The van der Waals surface area contributed by atoms with Crippen LogP contribution in [0.15, 0.2) is 51.8 Å². The lowest BCUT2D eigenvalue weighted by Gasteiger charge is -2.30. The number of rotatable bonds is 4. The zero-order valence-corrected chi connectivity index (χ0v) is 17.6. The summed E-state index contributed by atoms with van der Waals surface area (Å²) in [7, 11) is -3.96.